The number of para-hydroxylation sites is 1. The first-order chi connectivity index (χ1) is 10.0. The first-order valence-corrected chi connectivity index (χ1v) is 7.62. The third kappa shape index (κ3) is 5.02. The summed E-state index contributed by atoms with van der Waals surface area (Å²) in [6.45, 7) is 9.17. The minimum Gasteiger partial charge on any atom is -0.398 e. The highest BCUT2D eigenvalue weighted by molar-refractivity contribution is 5.78. The fourth-order valence-electron chi connectivity index (χ4n) is 2.60. The molecule has 5 heteroatoms. The number of piperazine rings is 1. The maximum absolute atomic E-state index is 11.8. The van der Waals surface area contributed by atoms with Gasteiger partial charge in [0.05, 0.1) is 6.54 Å². The van der Waals surface area contributed by atoms with Crippen LogP contribution >= 0.6 is 0 Å². The number of hydrogen-bond acceptors (Lipinski definition) is 4. The lowest BCUT2D eigenvalue weighted by molar-refractivity contribution is -0.123. The molecule has 5 nitrogen and oxygen atoms in total. The molecule has 0 atom stereocenters. The Balaban J connectivity index is 1.76. The smallest absolute Gasteiger partial charge is 0.234 e. The second kappa shape index (κ2) is 7.43. The van der Waals surface area contributed by atoms with Crippen LogP contribution in [0.4, 0.5) is 5.69 Å². The molecule has 0 spiro atoms. The van der Waals surface area contributed by atoms with Crippen molar-refractivity contribution in [1.82, 2.24) is 15.1 Å². The van der Waals surface area contributed by atoms with Crippen molar-refractivity contribution in [3.8, 4) is 0 Å². The van der Waals surface area contributed by atoms with E-state index in [0.717, 1.165) is 38.4 Å². The molecule has 0 radical (unpaired) electrons. The van der Waals surface area contributed by atoms with E-state index in [1.165, 1.54) is 5.56 Å². The first kappa shape index (κ1) is 15.8. The topological polar surface area (TPSA) is 61.6 Å². The summed E-state index contributed by atoms with van der Waals surface area (Å²) >= 11 is 0. The molecule has 1 aromatic carbocycles. The van der Waals surface area contributed by atoms with Crippen LogP contribution in [0.25, 0.3) is 0 Å². The van der Waals surface area contributed by atoms with Gasteiger partial charge in [-0.3, -0.25) is 14.6 Å². The van der Waals surface area contributed by atoms with Crippen LogP contribution in [0.15, 0.2) is 24.3 Å². The highest BCUT2D eigenvalue weighted by Crippen LogP contribution is 2.14. The van der Waals surface area contributed by atoms with Crippen molar-refractivity contribution in [2.24, 2.45) is 0 Å². The number of amides is 1. The average Bonchev–Trinajstić information content (AvgIpc) is 2.42. The summed E-state index contributed by atoms with van der Waals surface area (Å²) < 4.78 is 0. The Kier molecular flexibility index (Phi) is 5.59. The van der Waals surface area contributed by atoms with Gasteiger partial charge >= 0.3 is 0 Å². The zero-order chi connectivity index (χ0) is 15.2. The van der Waals surface area contributed by atoms with Crippen molar-refractivity contribution in [1.29, 1.82) is 0 Å². The molecule has 2 rings (SSSR count). The Labute approximate surface area is 127 Å². The molecule has 0 unspecified atom stereocenters. The maximum atomic E-state index is 11.8. The molecule has 0 saturated carbocycles. The van der Waals surface area contributed by atoms with E-state index < -0.39 is 0 Å². The number of hydrogen-bond donors (Lipinski definition) is 2. The number of nitrogens with two attached hydrogens (primary N) is 1. The molecule has 0 aliphatic carbocycles. The van der Waals surface area contributed by atoms with E-state index in [-0.39, 0.29) is 11.9 Å². The predicted octanol–water partition coefficient (Wildman–Crippen LogP) is 0.911. The first-order valence-electron chi connectivity index (χ1n) is 7.62. The predicted molar refractivity (Wildman–Crippen MR) is 85.9 cm³/mol. The Morgan fingerprint density at radius 1 is 1.19 bits per heavy atom. The van der Waals surface area contributed by atoms with Crippen molar-refractivity contribution in [3.05, 3.63) is 29.8 Å². The largest absolute Gasteiger partial charge is 0.398 e. The van der Waals surface area contributed by atoms with E-state index in [0.29, 0.717) is 6.54 Å². The molecule has 1 heterocycles. The van der Waals surface area contributed by atoms with Crippen LogP contribution in [0.5, 0.6) is 0 Å². The van der Waals surface area contributed by atoms with Gasteiger partial charge in [0.1, 0.15) is 0 Å². The number of carbonyl (C=O) groups excluding carboxylic acids is 1. The summed E-state index contributed by atoms with van der Waals surface area (Å²) in [5.74, 6) is 0.116. The van der Waals surface area contributed by atoms with E-state index >= 15 is 0 Å². The average molecular weight is 290 g/mol. The van der Waals surface area contributed by atoms with Gasteiger partial charge < -0.3 is 11.1 Å². The summed E-state index contributed by atoms with van der Waals surface area (Å²) in [7, 11) is 0. The van der Waals surface area contributed by atoms with E-state index in [9.17, 15) is 4.79 Å². The van der Waals surface area contributed by atoms with Gasteiger partial charge in [-0.1, -0.05) is 18.2 Å². The molecule has 1 aliphatic heterocycles. The molecule has 1 amide bonds. The molecule has 21 heavy (non-hydrogen) atoms. The Morgan fingerprint density at radius 2 is 1.81 bits per heavy atom. The second-order valence-corrected chi connectivity index (χ2v) is 5.97. The number of nitrogens with zero attached hydrogens (tertiary/aromatic N) is 2. The van der Waals surface area contributed by atoms with Gasteiger partial charge in [-0.2, -0.15) is 0 Å². The number of benzene rings is 1. The van der Waals surface area contributed by atoms with Crippen molar-refractivity contribution < 1.29 is 4.79 Å². The molecule has 0 bridgehead atoms. The lowest BCUT2D eigenvalue weighted by atomic mass is 10.1. The van der Waals surface area contributed by atoms with Gasteiger partial charge in [0, 0.05) is 44.5 Å². The van der Waals surface area contributed by atoms with Crippen molar-refractivity contribution in [3.63, 3.8) is 0 Å². The molecular formula is C16H26N4O. The second-order valence-electron chi connectivity index (χ2n) is 5.97. The van der Waals surface area contributed by atoms with Gasteiger partial charge in [0.25, 0.3) is 0 Å². The van der Waals surface area contributed by atoms with E-state index in [1.54, 1.807) is 0 Å². The van der Waals surface area contributed by atoms with Crippen LogP contribution in [0.3, 0.4) is 0 Å². The van der Waals surface area contributed by atoms with Crippen LogP contribution in [0.1, 0.15) is 19.4 Å². The molecule has 1 aliphatic rings. The fraction of sp³-hybridized carbons (Fsp3) is 0.562. The molecule has 0 aromatic heterocycles. The van der Waals surface area contributed by atoms with Gasteiger partial charge in [0.2, 0.25) is 5.91 Å². The number of nitrogen functional groups attached to an aromatic ring is 1. The molecule has 116 valence electrons. The van der Waals surface area contributed by atoms with Gasteiger partial charge in [-0.05, 0) is 25.5 Å². The summed E-state index contributed by atoms with van der Waals surface area (Å²) in [5.41, 5.74) is 8.03. The summed E-state index contributed by atoms with van der Waals surface area (Å²) in [6.07, 6.45) is 0. The number of rotatable bonds is 5. The normalized spacial score (nSPS) is 17.1. The number of carbonyl (C=O) groups is 1. The van der Waals surface area contributed by atoms with E-state index in [2.05, 4.69) is 21.2 Å². The van der Waals surface area contributed by atoms with E-state index in [1.807, 2.05) is 32.0 Å². The van der Waals surface area contributed by atoms with Crippen LogP contribution in [-0.4, -0.2) is 54.5 Å². The van der Waals surface area contributed by atoms with Crippen molar-refractivity contribution >= 4 is 11.6 Å². The molecule has 1 saturated heterocycles. The Hall–Kier alpha value is -1.59. The minimum atomic E-state index is 0.116. The standard InChI is InChI=1S/C16H26N4O/c1-13(2)18-16(21)12-20-9-7-19(8-10-20)11-14-5-3-4-6-15(14)17/h3-6,13H,7-12,17H2,1-2H3,(H,18,21). The monoisotopic (exact) mass is 290 g/mol. The summed E-state index contributed by atoms with van der Waals surface area (Å²) in [5, 5.41) is 2.94. The number of nitrogens with one attached hydrogen (secondary N) is 1. The fourth-order valence-corrected chi connectivity index (χ4v) is 2.60. The molecular weight excluding hydrogens is 264 g/mol. The van der Waals surface area contributed by atoms with Crippen LogP contribution < -0.4 is 11.1 Å². The van der Waals surface area contributed by atoms with Gasteiger partial charge in [-0.15, -0.1) is 0 Å². The highest BCUT2D eigenvalue weighted by atomic mass is 16.2. The van der Waals surface area contributed by atoms with Crippen LogP contribution in [-0.2, 0) is 11.3 Å². The van der Waals surface area contributed by atoms with Crippen molar-refractivity contribution in [2.45, 2.75) is 26.4 Å². The summed E-state index contributed by atoms with van der Waals surface area (Å²) in [4.78, 5) is 16.4. The SMILES string of the molecule is CC(C)NC(=O)CN1CCN(Cc2ccccc2N)CC1. The van der Waals surface area contributed by atoms with E-state index in [4.69, 9.17) is 5.73 Å². The highest BCUT2D eigenvalue weighted by Gasteiger charge is 2.19. The van der Waals surface area contributed by atoms with Gasteiger partial charge in [0.15, 0.2) is 0 Å². The third-order valence-electron chi connectivity index (χ3n) is 3.73. The molecule has 1 fully saturated rings. The lowest BCUT2D eigenvalue weighted by Crippen LogP contribution is -2.49. The third-order valence-corrected chi connectivity index (χ3v) is 3.73. The molecule has 1 aromatic rings. The van der Waals surface area contributed by atoms with Crippen LogP contribution in [0.2, 0.25) is 0 Å². The lowest BCUT2D eigenvalue weighted by Gasteiger charge is -2.34. The quantitative estimate of drug-likeness (QED) is 0.791. The number of anilines is 1. The maximum Gasteiger partial charge on any atom is 0.234 e. The van der Waals surface area contributed by atoms with Gasteiger partial charge in [-0.25, -0.2) is 0 Å². The minimum absolute atomic E-state index is 0.116. The summed E-state index contributed by atoms with van der Waals surface area (Å²) in [6, 6.07) is 8.22. The Morgan fingerprint density at radius 3 is 2.43 bits per heavy atom. The van der Waals surface area contributed by atoms with Crippen molar-refractivity contribution in [2.75, 3.05) is 38.5 Å². The zero-order valence-corrected chi connectivity index (χ0v) is 13.0. The molecule has 3 N–H and O–H groups in total. The Bertz CT molecular complexity index is 467. The van der Waals surface area contributed by atoms with Crippen LogP contribution in [0, 0.1) is 0 Å². The zero-order valence-electron chi connectivity index (χ0n) is 13.0.